The van der Waals surface area contributed by atoms with Gasteiger partial charge in [0.05, 0.1) is 18.7 Å². The molecule has 2 aromatic rings. The minimum absolute atomic E-state index is 0.0629. The van der Waals surface area contributed by atoms with Gasteiger partial charge in [0, 0.05) is 18.7 Å². The molecule has 0 saturated carbocycles. The average molecular weight is 324 g/mol. The Morgan fingerprint density at radius 2 is 1.96 bits per heavy atom. The molecule has 0 spiro atoms. The van der Waals surface area contributed by atoms with Crippen molar-refractivity contribution in [2.24, 2.45) is 5.92 Å². The number of nitrogens with one attached hydrogen (secondary N) is 1. The van der Waals surface area contributed by atoms with E-state index in [1.165, 1.54) is 0 Å². The van der Waals surface area contributed by atoms with E-state index in [4.69, 9.17) is 4.74 Å². The number of methoxy groups -OCH3 is 1. The Balaban J connectivity index is 1.76. The predicted molar refractivity (Wildman–Crippen MR) is 93.3 cm³/mol. The highest BCUT2D eigenvalue weighted by atomic mass is 16.5. The van der Waals surface area contributed by atoms with E-state index in [1.54, 1.807) is 12.0 Å². The second-order valence-corrected chi connectivity index (χ2v) is 5.94. The van der Waals surface area contributed by atoms with Gasteiger partial charge in [-0.3, -0.25) is 9.59 Å². The van der Waals surface area contributed by atoms with Crippen molar-refractivity contribution >= 4 is 23.2 Å². The van der Waals surface area contributed by atoms with Crippen LogP contribution in [-0.4, -0.2) is 25.5 Å². The first-order valence-electron chi connectivity index (χ1n) is 7.89. The molecule has 2 amide bonds. The number of hydrogen-bond donors (Lipinski definition) is 1. The standard InChI is InChI=1S/C19H20N2O3/c1-13-8-9-17(24-2)16(10-13)21-12-14(11-18(21)22)19(23)20-15-6-4-3-5-7-15/h3-10,14H,11-12H2,1-2H3,(H,20,23). The van der Waals surface area contributed by atoms with E-state index >= 15 is 0 Å². The van der Waals surface area contributed by atoms with Crippen LogP contribution >= 0.6 is 0 Å². The zero-order valence-corrected chi connectivity index (χ0v) is 13.8. The lowest BCUT2D eigenvalue weighted by molar-refractivity contribution is -0.122. The van der Waals surface area contributed by atoms with Gasteiger partial charge in [0.15, 0.2) is 0 Å². The summed E-state index contributed by atoms with van der Waals surface area (Å²) >= 11 is 0. The zero-order valence-electron chi connectivity index (χ0n) is 13.8. The summed E-state index contributed by atoms with van der Waals surface area (Å²) in [5.41, 5.74) is 2.50. The number of carbonyl (C=O) groups excluding carboxylic acids is 2. The molecule has 2 aromatic carbocycles. The van der Waals surface area contributed by atoms with E-state index in [9.17, 15) is 9.59 Å². The fourth-order valence-corrected chi connectivity index (χ4v) is 2.89. The van der Waals surface area contributed by atoms with Crippen molar-refractivity contribution < 1.29 is 14.3 Å². The fourth-order valence-electron chi connectivity index (χ4n) is 2.89. The molecule has 124 valence electrons. The number of para-hydroxylation sites is 1. The van der Waals surface area contributed by atoms with Crippen molar-refractivity contribution in [1.29, 1.82) is 0 Å². The summed E-state index contributed by atoms with van der Waals surface area (Å²) in [6.07, 6.45) is 0.204. The molecule has 0 bridgehead atoms. The third kappa shape index (κ3) is 3.25. The molecule has 1 aliphatic heterocycles. The molecule has 1 N–H and O–H groups in total. The molecule has 1 unspecified atom stereocenters. The van der Waals surface area contributed by atoms with Crippen LogP contribution in [-0.2, 0) is 9.59 Å². The Morgan fingerprint density at radius 3 is 2.67 bits per heavy atom. The molecule has 1 heterocycles. The Labute approximate surface area is 141 Å². The van der Waals surface area contributed by atoms with Crippen LogP contribution in [0.5, 0.6) is 5.75 Å². The zero-order chi connectivity index (χ0) is 17.1. The van der Waals surface area contributed by atoms with Crippen molar-refractivity contribution in [2.45, 2.75) is 13.3 Å². The quantitative estimate of drug-likeness (QED) is 0.940. The number of nitrogens with zero attached hydrogens (tertiary/aromatic N) is 1. The maximum atomic E-state index is 12.4. The van der Waals surface area contributed by atoms with Gasteiger partial charge in [-0.15, -0.1) is 0 Å². The van der Waals surface area contributed by atoms with Crippen LogP contribution in [0.3, 0.4) is 0 Å². The Kier molecular flexibility index (Phi) is 4.51. The van der Waals surface area contributed by atoms with Gasteiger partial charge in [0.25, 0.3) is 0 Å². The van der Waals surface area contributed by atoms with Crippen LogP contribution in [0.25, 0.3) is 0 Å². The lowest BCUT2D eigenvalue weighted by Gasteiger charge is -2.20. The Morgan fingerprint density at radius 1 is 1.21 bits per heavy atom. The maximum absolute atomic E-state index is 12.4. The summed E-state index contributed by atoms with van der Waals surface area (Å²) in [5, 5.41) is 2.87. The van der Waals surface area contributed by atoms with Gasteiger partial charge in [-0.2, -0.15) is 0 Å². The van der Waals surface area contributed by atoms with Crippen LogP contribution < -0.4 is 15.0 Å². The van der Waals surface area contributed by atoms with E-state index in [2.05, 4.69) is 5.32 Å². The largest absolute Gasteiger partial charge is 0.495 e. The number of anilines is 2. The van der Waals surface area contributed by atoms with E-state index in [0.717, 1.165) is 16.9 Å². The SMILES string of the molecule is COc1ccc(C)cc1N1CC(C(=O)Nc2ccccc2)CC1=O. The number of ether oxygens (including phenoxy) is 1. The first kappa shape index (κ1) is 16.1. The number of benzene rings is 2. The first-order chi connectivity index (χ1) is 11.6. The van der Waals surface area contributed by atoms with E-state index < -0.39 is 0 Å². The number of amides is 2. The molecule has 0 aromatic heterocycles. The first-order valence-corrected chi connectivity index (χ1v) is 7.89. The minimum Gasteiger partial charge on any atom is -0.495 e. The number of aryl methyl sites for hydroxylation is 1. The highest BCUT2D eigenvalue weighted by Gasteiger charge is 2.36. The van der Waals surface area contributed by atoms with Crippen molar-refractivity contribution in [2.75, 3.05) is 23.9 Å². The maximum Gasteiger partial charge on any atom is 0.229 e. The molecule has 5 heteroatoms. The molecule has 1 fully saturated rings. The molecular weight excluding hydrogens is 304 g/mol. The van der Waals surface area contributed by atoms with Crippen LogP contribution in [0.1, 0.15) is 12.0 Å². The van der Waals surface area contributed by atoms with Crippen LogP contribution in [0.4, 0.5) is 11.4 Å². The van der Waals surface area contributed by atoms with Crippen molar-refractivity contribution in [1.82, 2.24) is 0 Å². The molecule has 1 atom stereocenters. The van der Waals surface area contributed by atoms with E-state index in [0.29, 0.717) is 12.3 Å². The van der Waals surface area contributed by atoms with Gasteiger partial charge in [-0.25, -0.2) is 0 Å². The summed E-state index contributed by atoms with van der Waals surface area (Å²) in [7, 11) is 1.58. The fraction of sp³-hybridized carbons (Fsp3) is 0.263. The molecule has 1 saturated heterocycles. The predicted octanol–water partition coefficient (Wildman–Crippen LogP) is 3.00. The second-order valence-electron chi connectivity index (χ2n) is 5.94. The van der Waals surface area contributed by atoms with Crippen LogP contribution in [0, 0.1) is 12.8 Å². The van der Waals surface area contributed by atoms with E-state index in [-0.39, 0.29) is 24.2 Å². The summed E-state index contributed by atoms with van der Waals surface area (Å²) < 4.78 is 5.36. The Hall–Kier alpha value is -2.82. The van der Waals surface area contributed by atoms with Crippen molar-refractivity contribution in [3.63, 3.8) is 0 Å². The van der Waals surface area contributed by atoms with Gasteiger partial charge < -0.3 is 15.0 Å². The average Bonchev–Trinajstić information content (AvgIpc) is 2.97. The smallest absolute Gasteiger partial charge is 0.229 e. The Bertz CT molecular complexity index is 758. The van der Waals surface area contributed by atoms with Gasteiger partial charge >= 0.3 is 0 Å². The molecule has 0 radical (unpaired) electrons. The normalized spacial score (nSPS) is 17.0. The van der Waals surface area contributed by atoms with Gasteiger partial charge in [-0.1, -0.05) is 24.3 Å². The second kappa shape index (κ2) is 6.74. The number of rotatable bonds is 4. The number of carbonyl (C=O) groups is 2. The molecular formula is C19H20N2O3. The monoisotopic (exact) mass is 324 g/mol. The summed E-state index contributed by atoms with van der Waals surface area (Å²) in [4.78, 5) is 26.5. The summed E-state index contributed by atoms with van der Waals surface area (Å²) in [6, 6.07) is 15.0. The molecule has 0 aliphatic carbocycles. The lowest BCUT2D eigenvalue weighted by Crippen LogP contribution is -2.28. The number of hydrogen-bond acceptors (Lipinski definition) is 3. The van der Waals surface area contributed by atoms with Crippen molar-refractivity contribution in [3.05, 3.63) is 54.1 Å². The third-order valence-corrected chi connectivity index (χ3v) is 4.16. The topological polar surface area (TPSA) is 58.6 Å². The third-order valence-electron chi connectivity index (χ3n) is 4.16. The summed E-state index contributed by atoms with van der Waals surface area (Å²) in [5.74, 6) is 0.0665. The molecule has 3 rings (SSSR count). The van der Waals surface area contributed by atoms with Gasteiger partial charge in [-0.05, 0) is 36.8 Å². The van der Waals surface area contributed by atoms with Gasteiger partial charge in [0.1, 0.15) is 5.75 Å². The molecule has 24 heavy (non-hydrogen) atoms. The molecule has 1 aliphatic rings. The van der Waals surface area contributed by atoms with Crippen LogP contribution in [0.2, 0.25) is 0 Å². The highest BCUT2D eigenvalue weighted by molar-refractivity contribution is 6.04. The molecule has 5 nitrogen and oxygen atoms in total. The highest BCUT2D eigenvalue weighted by Crippen LogP contribution is 2.34. The van der Waals surface area contributed by atoms with Crippen LogP contribution in [0.15, 0.2) is 48.5 Å². The lowest BCUT2D eigenvalue weighted by atomic mass is 10.1. The minimum atomic E-state index is -0.372. The van der Waals surface area contributed by atoms with E-state index in [1.807, 2.05) is 55.5 Å². The summed E-state index contributed by atoms with van der Waals surface area (Å²) in [6.45, 7) is 2.32. The van der Waals surface area contributed by atoms with Crippen molar-refractivity contribution in [3.8, 4) is 5.75 Å². The van der Waals surface area contributed by atoms with Gasteiger partial charge in [0.2, 0.25) is 11.8 Å².